The molecule has 0 atom stereocenters. The van der Waals surface area contributed by atoms with E-state index in [2.05, 4.69) is 22.4 Å². The Morgan fingerprint density at radius 1 is 1.42 bits per heavy atom. The van der Waals surface area contributed by atoms with Gasteiger partial charge in [0.25, 0.3) is 0 Å². The lowest BCUT2D eigenvalue weighted by molar-refractivity contribution is -0.118. The predicted octanol–water partition coefficient (Wildman–Crippen LogP) is 2.55. The molecule has 1 N–H and O–H groups in total. The quantitative estimate of drug-likeness (QED) is 0.557. The van der Waals surface area contributed by atoms with Crippen molar-refractivity contribution in [2.24, 2.45) is 0 Å². The molecule has 1 aromatic heterocycles. The second-order valence-corrected chi connectivity index (χ2v) is 7.12. The molecule has 0 aliphatic heterocycles. The lowest BCUT2D eigenvalue weighted by Gasteiger charge is -1.99. The number of thioether (sulfide) groups is 2. The van der Waals surface area contributed by atoms with Crippen LogP contribution in [0.4, 0.5) is 0 Å². The van der Waals surface area contributed by atoms with Gasteiger partial charge in [-0.15, -0.1) is 10.2 Å². The number of nitrogens with one attached hydrogen (secondary N) is 1. The lowest BCUT2D eigenvalue weighted by atomic mass is 10.4. The van der Waals surface area contributed by atoms with E-state index in [0.29, 0.717) is 18.7 Å². The fraction of sp³-hybridized carbons (Fsp3) is 0.636. The van der Waals surface area contributed by atoms with E-state index in [-0.39, 0.29) is 5.91 Å². The van der Waals surface area contributed by atoms with Gasteiger partial charge in [0.05, 0.1) is 18.2 Å². The Morgan fingerprint density at radius 2 is 2.16 bits per heavy atom. The summed E-state index contributed by atoms with van der Waals surface area (Å²) >= 11 is 4.62. The van der Waals surface area contributed by atoms with Crippen molar-refractivity contribution in [1.82, 2.24) is 15.5 Å². The van der Waals surface area contributed by atoms with Crippen LogP contribution in [0.3, 0.4) is 0 Å². The van der Waals surface area contributed by atoms with Gasteiger partial charge in [-0.05, 0) is 6.42 Å². The zero-order valence-corrected chi connectivity index (χ0v) is 13.2. The average Bonchev–Trinajstić information content (AvgIpc) is 2.85. The third-order valence-corrected chi connectivity index (χ3v) is 5.27. The SMILES string of the molecule is CCCCSc1nnc(SCC(=O)NCCC#N)s1. The summed E-state index contributed by atoms with van der Waals surface area (Å²) in [6, 6.07) is 1.98. The maximum Gasteiger partial charge on any atom is 0.230 e. The van der Waals surface area contributed by atoms with Crippen molar-refractivity contribution in [2.45, 2.75) is 34.9 Å². The summed E-state index contributed by atoms with van der Waals surface area (Å²) in [5, 5.41) is 19.1. The molecule has 0 fully saturated rings. The van der Waals surface area contributed by atoms with Crippen molar-refractivity contribution in [3.05, 3.63) is 0 Å². The first-order chi connectivity index (χ1) is 9.26. The molecule has 0 saturated heterocycles. The summed E-state index contributed by atoms with van der Waals surface area (Å²) in [5.41, 5.74) is 0. The fourth-order valence-electron chi connectivity index (χ4n) is 1.05. The maximum absolute atomic E-state index is 11.4. The monoisotopic (exact) mass is 316 g/mol. The first-order valence-electron chi connectivity index (χ1n) is 5.99. The molecule has 1 rings (SSSR count). The minimum atomic E-state index is -0.0735. The van der Waals surface area contributed by atoms with Crippen molar-refractivity contribution in [3.63, 3.8) is 0 Å². The highest BCUT2D eigenvalue weighted by Crippen LogP contribution is 2.29. The number of amides is 1. The Labute approximate surface area is 125 Å². The lowest BCUT2D eigenvalue weighted by Crippen LogP contribution is -2.25. The van der Waals surface area contributed by atoms with Gasteiger partial charge in [0.15, 0.2) is 8.68 Å². The molecule has 8 heteroatoms. The molecule has 0 aromatic carbocycles. The summed E-state index contributed by atoms with van der Waals surface area (Å²) < 4.78 is 1.77. The zero-order chi connectivity index (χ0) is 13.9. The summed E-state index contributed by atoms with van der Waals surface area (Å²) in [4.78, 5) is 11.4. The molecule has 0 radical (unpaired) electrons. The van der Waals surface area contributed by atoms with Crippen LogP contribution in [0.25, 0.3) is 0 Å². The molecule has 0 unspecified atom stereocenters. The molecule has 104 valence electrons. The number of nitrogens with zero attached hydrogens (tertiary/aromatic N) is 3. The van der Waals surface area contributed by atoms with E-state index in [0.717, 1.165) is 14.4 Å². The van der Waals surface area contributed by atoms with Crippen LogP contribution in [-0.4, -0.2) is 34.2 Å². The minimum Gasteiger partial charge on any atom is -0.354 e. The standard InChI is InChI=1S/C11H16N4OS3/c1-2-3-7-17-10-14-15-11(19-10)18-8-9(16)13-6-4-5-12/h2-4,6-8H2,1H3,(H,13,16). The second-order valence-electron chi connectivity index (χ2n) is 3.58. The number of unbranched alkanes of at least 4 members (excludes halogenated alkanes) is 1. The number of rotatable bonds is 9. The highest BCUT2D eigenvalue weighted by atomic mass is 32.2. The van der Waals surface area contributed by atoms with Crippen LogP contribution >= 0.6 is 34.9 Å². The second kappa shape index (κ2) is 10.1. The molecule has 0 spiro atoms. The zero-order valence-electron chi connectivity index (χ0n) is 10.7. The van der Waals surface area contributed by atoms with Gasteiger partial charge in [0, 0.05) is 12.3 Å². The maximum atomic E-state index is 11.4. The average molecular weight is 316 g/mol. The Bertz CT molecular complexity index is 430. The predicted molar refractivity (Wildman–Crippen MR) is 79.5 cm³/mol. The summed E-state index contributed by atoms with van der Waals surface area (Å²) in [6.45, 7) is 2.57. The van der Waals surface area contributed by atoms with Crippen molar-refractivity contribution >= 4 is 40.8 Å². The van der Waals surface area contributed by atoms with Gasteiger partial charge in [0.1, 0.15) is 0 Å². The normalized spacial score (nSPS) is 10.1. The molecule has 0 bridgehead atoms. The van der Waals surface area contributed by atoms with E-state index in [1.807, 2.05) is 6.07 Å². The van der Waals surface area contributed by atoms with Crippen molar-refractivity contribution in [3.8, 4) is 6.07 Å². The number of hydrogen-bond acceptors (Lipinski definition) is 7. The van der Waals surface area contributed by atoms with Crippen LogP contribution in [0.2, 0.25) is 0 Å². The van der Waals surface area contributed by atoms with Crippen LogP contribution in [-0.2, 0) is 4.79 Å². The number of hydrogen-bond donors (Lipinski definition) is 1. The Hall–Kier alpha value is -0.780. The molecule has 1 amide bonds. The molecule has 0 aliphatic rings. The first kappa shape index (κ1) is 16.3. The molecular weight excluding hydrogens is 300 g/mol. The third-order valence-electron chi connectivity index (χ3n) is 2.00. The van der Waals surface area contributed by atoms with E-state index in [1.165, 1.54) is 35.9 Å². The van der Waals surface area contributed by atoms with Crippen molar-refractivity contribution in [2.75, 3.05) is 18.1 Å². The molecule has 0 saturated carbocycles. The summed E-state index contributed by atoms with van der Waals surface area (Å²) in [6.07, 6.45) is 2.69. The van der Waals surface area contributed by atoms with Crippen LogP contribution < -0.4 is 5.32 Å². The van der Waals surface area contributed by atoms with E-state index in [9.17, 15) is 4.79 Å². The van der Waals surface area contributed by atoms with Crippen molar-refractivity contribution < 1.29 is 4.79 Å². The number of aromatic nitrogens is 2. The Balaban J connectivity index is 2.22. The van der Waals surface area contributed by atoms with E-state index >= 15 is 0 Å². The molecule has 5 nitrogen and oxygen atoms in total. The topological polar surface area (TPSA) is 78.7 Å². The van der Waals surface area contributed by atoms with E-state index in [4.69, 9.17) is 5.26 Å². The molecule has 19 heavy (non-hydrogen) atoms. The van der Waals surface area contributed by atoms with Gasteiger partial charge in [-0.1, -0.05) is 48.2 Å². The van der Waals surface area contributed by atoms with Crippen LogP contribution in [0.5, 0.6) is 0 Å². The minimum absolute atomic E-state index is 0.0735. The highest BCUT2D eigenvalue weighted by molar-refractivity contribution is 8.03. The molecule has 0 aliphatic carbocycles. The van der Waals surface area contributed by atoms with E-state index in [1.54, 1.807) is 11.8 Å². The highest BCUT2D eigenvalue weighted by Gasteiger charge is 2.08. The number of carbonyl (C=O) groups is 1. The van der Waals surface area contributed by atoms with Crippen LogP contribution in [0, 0.1) is 11.3 Å². The number of nitriles is 1. The summed E-state index contributed by atoms with van der Waals surface area (Å²) in [5.74, 6) is 1.31. The largest absolute Gasteiger partial charge is 0.354 e. The molecule has 1 heterocycles. The first-order valence-corrected chi connectivity index (χ1v) is 8.77. The molecular formula is C11H16N4OS3. The Kier molecular flexibility index (Phi) is 8.62. The van der Waals surface area contributed by atoms with Gasteiger partial charge in [-0.2, -0.15) is 5.26 Å². The van der Waals surface area contributed by atoms with E-state index < -0.39 is 0 Å². The van der Waals surface area contributed by atoms with Gasteiger partial charge >= 0.3 is 0 Å². The van der Waals surface area contributed by atoms with Gasteiger partial charge in [-0.25, -0.2) is 0 Å². The molecule has 1 aromatic rings. The smallest absolute Gasteiger partial charge is 0.230 e. The van der Waals surface area contributed by atoms with Crippen LogP contribution in [0.1, 0.15) is 26.2 Å². The van der Waals surface area contributed by atoms with Crippen LogP contribution in [0.15, 0.2) is 8.68 Å². The van der Waals surface area contributed by atoms with Gasteiger partial charge in [-0.3, -0.25) is 4.79 Å². The third kappa shape index (κ3) is 7.40. The Morgan fingerprint density at radius 3 is 2.84 bits per heavy atom. The van der Waals surface area contributed by atoms with Crippen molar-refractivity contribution in [1.29, 1.82) is 5.26 Å². The number of carbonyl (C=O) groups excluding carboxylic acids is 1. The van der Waals surface area contributed by atoms with Gasteiger partial charge < -0.3 is 5.32 Å². The fourth-order valence-corrected chi connectivity index (χ4v) is 4.06. The summed E-state index contributed by atoms with van der Waals surface area (Å²) in [7, 11) is 0. The van der Waals surface area contributed by atoms with Gasteiger partial charge in [0.2, 0.25) is 5.91 Å².